The van der Waals surface area contributed by atoms with E-state index in [1.807, 2.05) is 0 Å². The van der Waals surface area contributed by atoms with Gasteiger partial charge in [-0.05, 0) is 0 Å². The quantitative estimate of drug-likeness (QED) is 0.501. The van der Waals surface area contributed by atoms with Crippen LogP contribution in [0.5, 0.6) is 0 Å². The molecule has 0 aromatic carbocycles. The zero-order valence-electron chi connectivity index (χ0n) is 12.0. The summed E-state index contributed by atoms with van der Waals surface area (Å²) in [4.78, 5) is 30.8. The number of aryl methyl sites for hydroxylation is 3. The van der Waals surface area contributed by atoms with Gasteiger partial charge in [0.1, 0.15) is 0 Å². The van der Waals surface area contributed by atoms with Crippen molar-refractivity contribution in [1.82, 2.24) is 29.3 Å². The molecular weight excluding hydrogens is 276 g/mol. The highest BCUT2D eigenvalue weighted by molar-refractivity contribution is 4.79. The molecule has 0 aliphatic rings. The minimum Gasteiger partial charge on any atom is -0.303 e. The molecule has 9 nitrogen and oxygen atoms in total. The molecular formula is C12H18N6O3. The van der Waals surface area contributed by atoms with Gasteiger partial charge in [0.2, 0.25) is 0 Å². The molecule has 0 spiro atoms. The third-order valence-corrected chi connectivity index (χ3v) is 2.30. The minimum absolute atomic E-state index is 0.000000000000000222. The first-order valence-electron chi connectivity index (χ1n) is 6.02. The Balaban J connectivity index is 0.000000157. The van der Waals surface area contributed by atoms with E-state index in [9.17, 15) is 14.4 Å². The largest absolute Gasteiger partial charge is 0.303 e. The maximum Gasteiger partial charge on any atom is 0.266 e. The lowest BCUT2D eigenvalue weighted by molar-refractivity contribution is 0.740. The first kappa shape index (κ1) is 16.1. The number of rotatable bonds is 0. The van der Waals surface area contributed by atoms with Gasteiger partial charge in [0.15, 0.2) is 0 Å². The number of hydrogen-bond donors (Lipinski definition) is 3. The average Bonchev–Trinajstić information content (AvgIpc) is 3.08. The van der Waals surface area contributed by atoms with Crippen LogP contribution in [0.1, 0.15) is 0 Å². The van der Waals surface area contributed by atoms with Crippen molar-refractivity contribution in [3.63, 3.8) is 0 Å². The molecule has 3 heterocycles. The second-order valence-corrected chi connectivity index (χ2v) is 4.17. The molecule has 9 heteroatoms. The number of aromatic nitrogens is 6. The fourth-order valence-electron chi connectivity index (χ4n) is 1.25. The Morgan fingerprint density at radius 2 is 1.29 bits per heavy atom. The van der Waals surface area contributed by atoms with Gasteiger partial charge in [-0.1, -0.05) is 0 Å². The fraction of sp³-hybridized carbons (Fsp3) is 0.250. The Kier molecular flexibility index (Phi) is 5.80. The van der Waals surface area contributed by atoms with E-state index in [2.05, 4.69) is 15.3 Å². The van der Waals surface area contributed by atoms with Crippen molar-refractivity contribution in [2.24, 2.45) is 21.1 Å². The summed E-state index contributed by atoms with van der Waals surface area (Å²) < 4.78 is 4.60. The maximum atomic E-state index is 10.4. The van der Waals surface area contributed by atoms with E-state index in [0.717, 1.165) is 0 Å². The van der Waals surface area contributed by atoms with E-state index in [0.29, 0.717) is 0 Å². The van der Waals surface area contributed by atoms with Crippen LogP contribution in [0.15, 0.2) is 51.2 Å². The van der Waals surface area contributed by atoms with E-state index in [1.165, 1.54) is 22.9 Å². The maximum absolute atomic E-state index is 10.4. The Morgan fingerprint density at radius 3 is 1.38 bits per heavy atom. The first-order valence-corrected chi connectivity index (χ1v) is 6.02. The summed E-state index contributed by atoms with van der Waals surface area (Å²) in [6, 6.07) is 4.42. The molecule has 3 aromatic rings. The highest BCUT2D eigenvalue weighted by atomic mass is 16.1. The molecule has 0 aliphatic carbocycles. The number of nitrogens with zero attached hydrogens (tertiary/aromatic N) is 3. The minimum atomic E-state index is -0.0532. The van der Waals surface area contributed by atoms with Crippen LogP contribution < -0.4 is 16.7 Å². The first-order chi connectivity index (χ1) is 9.88. The zero-order valence-corrected chi connectivity index (χ0v) is 12.0. The SMILES string of the molecule is Cn1[nH]ccc1=O.Cn1ccc(=O)[nH]1.Cn1ccc(=O)[nH]1. The Labute approximate surface area is 119 Å². The molecule has 3 aromatic heterocycles. The van der Waals surface area contributed by atoms with Crippen molar-refractivity contribution in [2.75, 3.05) is 0 Å². The molecule has 21 heavy (non-hydrogen) atoms. The fourth-order valence-corrected chi connectivity index (χ4v) is 1.25. The van der Waals surface area contributed by atoms with Crippen LogP contribution >= 0.6 is 0 Å². The Bertz CT molecular complexity index is 766. The van der Waals surface area contributed by atoms with E-state index >= 15 is 0 Å². The predicted molar refractivity (Wildman–Crippen MR) is 78.1 cm³/mol. The summed E-state index contributed by atoms with van der Waals surface area (Å²) in [5, 5.41) is 7.67. The van der Waals surface area contributed by atoms with Gasteiger partial charge < -0.3 is 5.10 Å². The molecule has 0 unspecified atom stereocenters. The highest BCUT2D eigenvalue weighted by Gasteiger charge is 1.81. The van der Waals surface area contributed by atoms with Gasteiger partial charge in [-0.2, -0.15) is 0 Å². The zero-order chi connectivity index (χ0) is 15.8. The van der Waals surface area contributed by atoms with Gasteiger partial charge in [-0.3, -0.25) is 38.6 Å². The molecule has 0 amide bonds. The summed E-state index contributed by atoms with van der Waals surface area (Å²) in [6.07, 6.45) is 4.94. The summed E-state index contributed by atoms with van der Waals surface area (Å²) in [5.74, 6) is 0. The number of nitrogens with one attached hydrogen (secondary N) is 3. The van der Waals surface area contributed by atoms with Crippen LogP contribution in [0.2, 0.25) is 0 Å². The van der Waals surface area contributed by atoms with Crippen LogP contribution in [0.4, 0.5) is 0 Å². The molecule has 0 saturated heterocycles. The van der Waals surface area contributed by atoms with Crippen LogP contribution in [0.25, 0.3) is 0 Å². The lowest BCUT2D eigenvalue weighted by Gasteiger charge is -1.80. The standard InChI is InChI=1S/3C4H6N2O/c2*1-6-3-2-4(7)5-6;1-6-4(7)2-3-5-6/h2*2-3H,1H3,(H,5,7);2-3,5H,1H3. The Hall–Kier alpha value is -2.97. The molecule has 0 bridgehead atoms. The van der Waals surface area contributed by atoms with Gasteiger partial charge in [0.25, 0.3) is 16.7 Å². The molecule has 114 valence electrons. The predicted octanol–water partition coefficient (Wildman–Crippen LogP) is -0.860. The second-order valence-electron chi connectivity index (χ2n) is 4.17. The van der Waals surface area contributed by atoms with Gasteiger partial charge >= 0.3 is 0 Å². The highest BCUT2D eigenvalue weighted by Crippen LogP contribution is 1.65. The van der Waals surface area contributed by atoms with Crippen LogP contribution in [0.3, 0.4) is 0 Å². The summed E-state index contributed by atoms with van der Waals surface area (Å²) >= 11 is 0. The third kappa shape index (κ3) is 6.14. The molecule has 0 saturated carbocycles. The van der Waals surface area contributed by atoms with E-state index in [1.54, 1.807) is 49.1 Å². The van der Waals surface area contributed by atoms with Crippen molar-refractivity contribution in [2.45, 2.75) is 0 Å². The second kappa shape index (κ2) is 7.58. The summed E-state index contributed by atoms with van der Waals surface area (Å²) in [7, 11) is 5.20. The van der Waals surface area contributed by atoms with Crippen molar-refractivity contribution in [1.29, 1.82) is 0 Å². The third-order valence-electron chi connectivity index (χ3n) is 2.30. The van der Waals surface area contributed by atoms with Crippen LogP contribution in [0, 0.1) is 0 Å². The monoisotopic (exact) mass is 294 g/mol. The average molecular weight is 294 g/mol. The molecule has 3 N–H and O–H groups in total. The van der Waals surface area contributed by atoms with Gasteiger partial charge in [-0.15, -0.1) is 0 Å². The lowest BCUT2D eigenvalue weighted by atomic mass is 10.7. The normalized spacial score (nSPS) is 9.29. The van der Waals surface area contributed by atoms with E-state index < -0.39 is 0 Å². The molecule has 0 atom stereocenters. The number of H-pyrrole nitrogens is 3. The summed E-state index contributed by atoms with van der Waals surface area (Å²) in [5.41, 5.74) is -0.106. The molecule has 3 rings (SSSR count). The number of hydrogen-bond acceptors (Lipinski definition) is 3. The molecule has 0 aliphatic heterocycles. The molecule has 0 fully saturated rings. The van der Waals surface area contributed by atoms with Gasteiger partial charge in [0, 0.05) is 57.9 Å². The van der Waals surface area contributed by atoms with E-state index in [4.69, 9.17) is 0 Å². The molecule has 0 radical (unpaired) electrons. The topological polar surface area (TPSA) is 113 Å². The van der Waals surface area contributed by atoms with Crippen LogP contribution in [-0.4, -0.2) is 29.3 Å². The lowest BCUT2D eigenvalue weighted by Crippen LogP contribution is -2.09. The van der Waals surface area contributed by atoms with Gasteiger partial charge in [-0.25, -0.2) is 0 Å². The van der Waals surface area contributed by atoms with Crippen molar-refractivity contribution < 1.29 is 0 Å². The van der Waals surface area contributed by atoms with Crippen molar-refractivity contribution in [3.8, 4) is 0 Å². The number of aromatic amines is 3. The Morgan fingerprint density at radius 1 is 0.810 bits per heavy atom. The van der Waals surface area contributed by atoms with Crippen molar-refractivity contribution >= 4 is 0 Å². The van der Waals surface area contributed by atoms with Crippen molar-refractivity contribution in [3.05, 3.63) is 67.9 Å². The van der Waals surface area contributed by atoms with Gasteiger partial charge in [0.05, 0.1) is 0 Å². The van der Waals surface area contributed by atoms with Crippen LogP contribution in [-0.2, 0) is 21.1 Å². The smallest absolute Gasteiger partial charge is 0.266 e. The summed E-state index contributed by atoms with van der Waals surface area (Å²) in [6.45, 7) is 0. The van der Waals surface area contributed by atoms with E-state index in [-0.39, 0.29) is 16.7 Å².